The molecule has 2 amide bonds. The molecule has 0 unspecified atom stereocenters. The minimum atomic E-state index is -0.307. The Bertz CT molecular complexity index is 548. The lowest BCUT2D eigenvalue weighted by atomic mass is 10.1. The second kappa shape index (κ2) is 7.78. The summed E-state index contributed by atoms with van der Waals surface area (Å²) >= 11 is 0. The average Bonchev–Trinajstić information content (AvgIpc) is 2.47. The standard InChI is InChI=1S/C15H18N2O3/c1-4-5-6-7-14(18)17-13-9-8-11(20-3)10-12(13)15(19)16-2/h4-10H,1-3H3,(H,16,19)(H,17,18). The van der Waals surface area contributed by atoms with Gasteiger partial charge >= 0.3 is 0 Å². The first-order chi connectivity index (χ1) is 9.62. The van der Waals surface area contributed by atoms with E-state index >= 15 is 0 Å². The van der Waals surface area contributed by atoms with Crippen LogP contribution in [0.3, 0.4) is 0 Å². The van der Waals surface area contributed by atoms with Crippen LogP contribution in [-0.2, 0) is 4.79 Å². The number of methoxy groups -OCH3 is 1. The van der Waals surface area contributed by atoms with Gasteiger partial charge in [0.2, 0.25) is 5.91 Å². The zero-order valence-corrected chi connectivity index (χ0v) is 11.8. The molecule has 5 heteroatoms. The molecule has 5 nitrogen and oxygen atoms in total. The lowest BCUT2D eigenvalue weighted by Gasteiger charge is -2.10. The monoisotopic (exact) mass is 274 g/mol. The molecule has 1 rings (SSSR count). The van der Waals surface area contributed by atoms with Crippen molar-refractivity contribution < 1.29 is 14.3 Å². The molecule has 0 aliphatic rings. The molecule has 0 aliphatic heterocycles. The smallest absolute Gasteiger partial charge is 0.253 e. The maximum atomic E-state index is 11.8. The maximum Gasteiger partial charge on any atom is 0.253 e. The Morgan fingerprint density at radius 3 is 2.60 bits per heavy atom. The van der Waals surface area contributed by atoms with E-state index in [-0.39, 0.29) is 11.8 Å². The number of hydrogen-bond acceptors (Lipinski definition) is 3. The van der Waals surface area contributed by atoms with E-state index in [1.165, 1.54) is 20.2 Å². The quantitative estimate of drug-likeness (QED) is 0.638. The third-order valence-corrected chi connectivity index (χ3v) is 2.51. The number of hydrogen-bond donors (Lipinski definition) is 2. The third-order valence-electron chi connectivity index (χ3n) is 2.51. The number of carbonyl (C=O) groups excluding carboxylic acids is 2. The molecule has 0 radical (unpaired) electrons. The largest absolute Gasteiger partial charge is 0.497 e. The van der Waals surface area contributed by atoms with Gasteiger partial charge in [-0.15, -0.1) is 0 Å². The molecule has 0 aliphatic carbocycles. The number of nitrogens with one attached hydrogen (secondary N) is 2. The lowest BCUT2D eigenvalue weighted by Crippen LogP contribution is -2.21. The number of amides is 2. The Morgan fingerprint density at radius 2 is 2.00 bits per heavy atom. The van der Waals surface area contributed by atoms with Crippen molar-refractivity contribution in [2.24, 2.45) is 0 Å². The van der Waals surface area contributed by atoms with Gasteiger partial charge in [-0.05, 0) is 25.1 Å². The summed E-state index contributed by atoms with van der Waals surface area (Å²) in [6.07, 6.45) is 6.57. The topological polar surface area (TPSA) is 67.4 Å². The fraction of sp³-hybridized carbons (Fsp3) is 0.200. The van der Waals surface area contributed by atoms with Crippen molar-refractivity contribution in [1.29, 1.82) is 0 Å². The van der Waals surface area contributed by atoms with Crippen LogP contribution in [0, 0.1) is 0 Å². The van der Waals surface area contributed by atoms with Crippen molar-refractivity contribution >= 4 is 17.5 Å². The first kappa shape index (κ1) is 15.5. The van der Waals surface area contributed by atoms with Crippen LogP contribution in [0.25, 0.3) is 0 Å². The molecule has 20 heavy (non-hydrogen) atoms. The van der Waals surface area contributed by atoms with Gasteiger partial charge in [-0.2, -0.15) is 0 Å². The highest BCUT2D eigenvalue weighted by molar-refractivity contribution is 6.06. The lowest BCUT2D eigenvalue weighted by molar-refractivity contribution is -0.111. The molecule has 2 N–H and O–H groups in total. The third kappa shape index (κ3) is 4.28. The van der Waals surface area contributed by atoms with E-state index in [9.17, 15) is 9.59 Å². The van der Waals surface area contributed by atoms with E-state index in [4.69, 9.17) is 4.74 Å². The number of rotatable bonds is 5. The second-order valence-electron chi connectivity index (χ2n) is 3.86. The Kier molecular flexibility index (Phi) is 6.03. The van der Waals surface area contributed by atoms with Gasteiger partial charge in [0, 0.05) is 13.1 Å². The van der Waals surface area contributed by atoms with Crippen molar-refractivity contribution in [3.63, 3.8) is 0 Å². The minimum absolute atomic E-state index is 0.295. The van der Waals surface area contributed by atoms with Crippen LogP contribution in [0.2, 0.25) is 0 Å². The molecule has 0 atom stereocenters. The van der Waals surface area contributed by atoms with Crippen LogP contribution < -0.4 is 15.4 Å². The van der Waals surface area contributed by atoms with Crippen LogP contribution in [0.4, 0.5) is 5.69 Å². The molecule has 0 aromatic heterocycles. The molecule has 0 spiro atoms. The van der Waals surface area contributed by atoms with Gasteiger partial charge in [0.25, 0.3) is 5.91 Å². The van der Waals surface area contributed by atoms with Crippen molar-refractivity contribution in [2.75, 3.05) is 19.5 Å². The van der Waals surface area contributed by atoms with Crippen LogP contribution >= 0.6 is 0 Å². The summed E-state index contributed by atoms with van der Waals surface area (Å²) in [6, 6.07) is 4.88. The molecule has 1 aromatic rings. The van der Waals surface area contributed by atoms with E-state index in [1.54, 1.807) is 30.4 Å². The molecular weight excluding hydrogens is 256 g/mol. The average molecular weight is 274 g/mol. The van der Waals surface area contributed by atoms with Crippen LogP contribution in [0.1, 0.15) is 17.3 Å². The molecule has 0 saturated carbocycles. The summed E-state index contributed by atoms with van der Waals surface area (Å²) in [5.74, 6) is -0.0545. The van der Waals surface area contributed by atoms with Gasteiger partial charge in [-0.25, -0.2) is 0 Å². The second-order valence-corrected chi connectivity index (χ2v) is 3.86. The molecule has 0 heterocycles. The van der Waals surface area contributed by atoms with Gasteiger partial charge in [0.15, 0.2) is 0 Å². The Hall–Kier alpha value is -2.56. The molecule has 0 fully saturated rings. The van der Waals surface area contributed by atoms with Crippen molar-refractivity contribution in [3.05, 3.63) is 48.1 Å². The number of anilines is 1. The molecule has 0 bridgehead atoms. The summed E-state index contributed by atoms with van der Waals surface area (Å²) in [4.78, 5) is 23.5. The zero-order valence-electron chi connectivity index (χ0n) is 11.8. The van der Waals surface area contributed by atoms with Gasteiger partial charge in [-0.3, -0.25) is 9.59 Å². The molecule has 1 aromatic carbocycles. The Morgan fingerprint density at radius 1 is 1.25 bits per heavy atom. The predicted octanol–water partition coefficient (Wildman–Crippen LogP) is 2.13. The number of carbonyl (C=O) groups is 2. The van der Waals surface area contributed by atoms with E-state index in [2.05, 4.69) is 10.6 Å². The van der Waals surface area contributed by atoms with Crippen molar-refractivity contribution in [2.45, 2.75) is 6.92 Å². The van der Waals surface area contributed by atoms with Gasteiger partial charge in [-0.1, -0.05) is 18.2 Å². The van der Waals surface area contributed by atoms with Crippen molar-refractivity contribution in [3.8, 4) is 5.75 Å². The summed E-state index contributed by atoms with van der Waals surface area (Å²) in [7, 11) is 3.04. The van der Waals surface area contributed by atoms with Crippen molar-refractivity contribution in [1.82, 2.24) is 5.32 Å². The summed E-state index contributed by atoms with van der Waals surface area (Å²) < 4.78 is 5.07. The highest BCUT2D eigenvalue weighted by Crippen LogP contribution is 2.22. The molecular formula is C15H18N2O3. The summed E-state index contributed by atoms with van der Waals surface area (Å²) in [5, 5.41) is 5.18. The first-order valence-electron chi connectivity index (χ1n) is 6.12. The first-order valence-corrected chi connectivity index (χ1v) is 6.12. The van der Waals surface area contributed by atoms with Crippen LogP contribution in [0.15, 0.2) is 42.5 Å². The van der Waals surface area contributed by atoms with Gasteiger partial charge in [0.1, 0.15) is 5.75 Å². The number of allylic oxidation sites excluding steroid dienone is 3. The van der Waals surface area contributed by atoms with Gasteiger partial charge < -0.3 is 15.4 Å². The SMILES string of the molecule is CC=CC=CC(=O)Nc1ccc(OC)cc1C(=O)NC. The number of benzene rings is 1. The predicted molar refractivity (Wildman–Crippen MR) is 79.0 cm³/mol. The van der Waals surface area contributed by atoms with E-state index in [0.717, 1.165) is 0 Å². The Balaban J connectivity index is 2.99. The minimum Gasteiger partial charge on any atom is -0.497 e. The molecule has 106 valence electrons. The fourth-order valence-corrected chi connectivity index (χ4v) is 1.51. The van der Waals surface area contributed by atoms with E-state index < -0.39 is 0 Å². The zero-order chi connectivity index (χ0) is 15.0. The number of ether oxygens (including phenoxy) is 1. The highest BCUT2D eigenvalue weighted by Gasteiger charge is 2.12. The Labute approximate surface area is 118 Å². The summed E-state index contributed by atoms with van der Waals surface area (Å²) in [5.41, 5.74) is 0.778. The van der Waals surface area contributed by atoms with Gasteiger partial charge in [0.05, 0.1) is 18.4 Å². The normalized spacial score (nSPS) is 10.8. The maximum absolute atomic E-state index is 11.8. The fourth-order valence-electron chi connectivity index (χ4n) is 1.51. The molecule has 0 saturated heterocycles. The summed E-state index contributed by atoms with van der Waals surface area (Å²) in [6.45, 7) is 1.86. The van der Waals surface area contributed by atoms with Crippen LogP contribution in [0.5, 0.6) is 5.75 Å². The highest BCUT2D eigenvalue weighted by atomic mass is 16.5. The van der Waals surface area contributed by atoms with E-state index in [0.29, 0.717) is 17.0 Å². The van der Waals surface area contributed by atoms with E-state index in [1.807, 2.05) is 13.0 Å². The van der Waals surface area contributed by atoms with Crippen LogP contribution in [-0.4, -0.2) is 26.0 Å².